The Bertz CT molecular complexity index is 555. The van der Waals surface area contributed by atoms with Crippen LogP contribution in [0.2, 0.25) is 5.02 Å². The third-order valence-electron chi connectivity index (χ3n) is 2.34. The van der Waals surface area contributed by atoms with Crippen molar-refractivity contribution in [3.05, 3.63) is 53.2 Å². The van der Waals surface area contributed by atoms with E-state index in [2.05, 4.69) is 4.98 Å². The first-order valence-electron chi connectivity index (χ1n) is 5.02. The van der Waals surface area contributed by atoms with Crippen molar-refractivity contribution in [3.63, 3.8) is 0 Å². The van der Waals surface area contributed by atoms with Crippen LogP contribution in [-0.4, -0.2) is 18.1 Å². The van der Waals surface area contributed by atoms with Gasteiger partial charge in [0.2, 0.25) is 0 Å². The van der Waals surface area contributed by atoms with Crippen LogP contribution < -0.4 is 0 Å². The third-order valence-corrected chi connectivity index (χ3v) is 2.67. The summed E-state index contributed by atoms with van der Waals surface area (Å²) < 4.78 is 4.72. The second-order valence-electron chi connectivity index (χ2n) is 3.37. The van der Waals surface area contributed by atoms with Gasteiger partial charge in [-0.25, -0.2) is 4.79 Å². The first-order chi connectivity index (χ1) is 8.24. The van der Waals surface area contributed by atoms with Crippen LogP contribution in [0.4, 0.5) is 0 Å². The van der Waals surface area contributed by atoms with Crippen molar-refractivity contribution in [2.24, 2.45) is 0 Å². The molecular weight excluding hydrogens is 238 g/mol. The Kier molecular flexibility index (Phi) is 3.40. The Morgan fingerprint density at radius 1 is 1.24 bits per heavy atom. The van der Waals surface area contributed by atoms with E-state index in [9.17, 15) is 4.79 Å². The van der Waals surface area contributed by atoms with Crippen molar-refractivity contribution < 1.29 is 9.53 Å². The number of nitrogens with zero attached hydrogens (tertiary/aromatic N) is 1. The van der Waals surface area contributed by atoms with Crippen molar-refractivity contribution in [1.82, 2.24) is 4.98 Å². The van der Waals surface area contributed by atoms with E-state index in [1.807, 2.05) is 18.2 Å². The normalized spacial score (nSPS) is 10.0. The summed E-state index contributed by atoms with van der Waals surface area (Å²) in [6.07, 6.45) is 1.62. The Balaban J connectivity index is 2.60. The molecule has 4 heteroatoms. The van der Waals surface area contributed by atoms with Crippen molar-refractivity contribution in [2.75, 3.05) is 7.11 Å². The highest BCUT2D eigenvalue weighted by Gasteiger charge is 2.15. The minimum atomic E-state index is -0.423. The third kappa shape index (κ3) is 2.29. The predicted molar refractivity (Wildman–Crippen MR) is 66.0 cm³/mol. The smallest absolute Gasteiger partial charge is 0.340 e. The molecule has 0 saturated carbocycles. The first kappa shape index (κ1) is 11.6. The zero-order valence-corrected chi connectivity index (χ0v) is 9.94. The van der Waals surface area contributed by atoms with Gasteiger partial charge < -0.3 is 4.74 Å². The van der Waals surface area contributed by atoms with Crippen LogP contribution in [0.25, 0.3) is 11.3 Å². The Hall–Kier alpha value is -1.87. The summed E-state index contributed by atoms with van der Waals surface area (Å²) in [6, 6.07) is 10.6. The van der Waals surface area contributed by atoms with E-state index in [0.717, 1.165) is 5.56 Å². The number of esters is 1. The number of aromatic nitrogens is 1. The Labute approximate surface area is 104 Å². The number of halogens is 1. The van der Waals surface area contributed by atoms with Gasteiger partial charge in [0.15, 0.2) is 0 Å². The van der Waals surface area contributed by atoms with Crippen molar-refractivity contribution >= 4 is 17.6 Å². The average Bonchev–Trinajstić information content (AvgIpc) is 2.38. The SMILES string of the molecule is COC(=O)c1cccnc1-c1ccccc1Cl. The Morgan fingerprint density at radius 2 is 2.00 bits per heavy atom. The molecular formula is C13H10ClNO2. The minimum Gasteiger partial charge on any atom is -0.465 e. The van der Waals surface area contributed by atoms with E-state index in [1.165, 1.54) is 7.11 Å². The number of pyridine rings is 1. The molecule has 0 bridgehead atoms. The summed E-state index contributed by atoms with van der Waals surface area (Å²) in [5.41, 5.74) is 1.66. The maximum atomic E-state index is 11.6. The van der Waals surface area contributed by atoms with Gasteiger partial charge in [-0.1, -0.05) is 29.8 Å². The molecule has 17 heavy (non-hydrogen) atoms. The van der Waals surface area contributed by atoms with Gasteiger partial charge in [0.05, 0.1) is 18.4 Å². The van der Waals surface area contributed by atoms with Gasteiger partial charge in [0.1, 0.15) is 0 Å². The molecule has 0 radical (unpaired) electrons. The highest BCUT2D eigenvalue weighted by molar-refractivity contribution is 6.33. The molecule has 0 aliphatic rings. The number of rotatable bonds is 2. The summed E-state index contributed by atoms with van der Waals surface area (Å²) in [5.74, 6) is -0.423. The zero-order chi connectivity index (χ0) is 12.3. The molecule has 0 N–H and O–H groups in total. The quantitative estimate of drug-likeness (QED) is 0.765. The monoisotopic (exact) mass is 247 g/mol. The average molecular weight is 248 g/mol. The standard InChI is InChI=1S/C13H10ClNO2/c1-17-13(16)10-6-4-8-15-12(10)9-5-2-3-7-11(9)14/h2-8H,1H3. The van der Waals surface area contributed by atoms with Crippen molar-refractivity contribution in [2.45, 2.75) is 0 Å². The topological polar surface area (TPSA) is 39.2 Å². The van der Waals surface area contributed by atoms with Crippen LogP contribution in [0.3, 0.4) is 0 Å². The summed E-state index contributed by atoms with van der Waals surface area (Å²) in [7, 11) is 1.34. The van der Waals surface area contributed by atoms with E-state index in [1.54, 1.807) is 24.4 Å². The van der Waals surface area contributed by atoms with Crippen LogP contribution >= 0.6 is 11.6 Å². The predicted octanol–water partition coefficient (Wildman–Crippen LogP) is 3.19. The van der Waals surface area contributed by atoms with E-state index in [4.69, 9.17) is 16.3 Å². The van der Waals surface area contributed by atoms with Gasteiger partial charge >= 0.3 is 5.97 Å². The number of ether oxygens (including phenoxy) is 1. The van der Waals surface area contributed by atoms with Crippen LogP contribution in [0.15, 0.2) is 42.6 Å². The molecule has 0 unspecified atom stereocenters. The molecule has 1 heterocycles. The van der Waals surface area contributed by atoms with E-state index in [0.29, 0.717) is 16.3 Å². The Morgan fingerprint density at radius 3 is 2.71 bits per heavy atom. The van der Waals surface area contributed by atoms with Crippen LogP contribution in [0.5, 0.6) is 0 Å². The van der Waals surface area contributed by atoms with Gasteiger partial charge in [-0.05, 0) is 18.2 Å². The molecule has 86 valence electrons. The lowest BCUT2D eigenvalue weighted by Gasteiger charge is -2.07. The summed E-state index contributed by atoms with van der Waals surface area (Å²) in [5, 5.41) is 0.552. The van der Waals surface area contributed by atoms with Crippen LogP contribution in [0.1, 0.15) is 10.4 Å². The minimum absolute atomic E-state index is 0.406. The molecule has 0 spiro atoms. The molecule has 0 saturated heterocycles. The molecule has 0 fully saturated rings. The maximum absolute atomic E-state index is 11.6. The second-order valence-corrected chi connectivity index (χ2v) is 3.78. The summed E-state index contributed by atoms with van der Waals surface area (Å²) in [4.78, 5) is 15.8. The number of hydrogen-bond acceptors (Lipinski definition) is 3. The van der Waals surface area contributed by atoms with Crippen LogP contribution in [-0.2, 0) is 4.74 Å². The molecule has 2 aromatic rings. The number of carbonyl (C=O) groups is 1. The molecule has 1 aromatic carbocycles. The van der Waals surface area contributed by atoms with Gasteiger partial charge in [0, 0.05) is 16.8 Å². The lowest BCUT2D eigenvalue weighted by Crippen LogP contribution is -2.04. The van der Waals surface area contributed by atoms with E-state index < -0.39 is 5.97 Å². The first-order valence-corrected chi connectivity index (χ1v) is 5.40. The van der Waals surface area contributed by atoms with Crippen molar-refractivity contribution in [3.8, 4) is 11.3 Å². The number of methoxy groups -OCH3 is 1. The molecule has 3 nitrogen and oxygen atoms in total. The molecule has 2 rings (SSSR count). The van der Waals surface area contributed by atoms with Gasteiger partial charge in [0.25, 0.3) is 0 Å². The second kappa shape index (κ2) is 4.97. The fourth-order valence-corrected chi connectivity index (χ4v) is 1.77. The molecule has 0 aliphatic heterocycles. The summed E-state index contributed by atoms with van der Waals surface area (Å²) in [6.45, 7) is 0. The molecule has 1 aromatic heterocycles. The molecule has 0 aliphatic carbocycles. The fraction of sp³-hybridized carbons (Fsp3) is 0.0769. The zero-order valence-electron chi connectivity index (χ0n) is 9.18. The van der Waals surface area contributed by atoms with E-state index >= 15 is 0 Å². The van der Waals surface area contributed by atoms with Crippen LogP contribution in [0, 0.1) is 0 Å². The lowest BCUT2D eigenvalue weighted by atomic mass is 10.1. The summed E-state index contributed by atoms with van der Waals surface area (Å²) >= 11 is 6.09. The largest absolute Gasteiger partial charge is 0.465 e. The lowest BCUT2D eigenvalue weighted by molar-refractivity contribution is 0.0601. The highest BCUT2D eigenvalue weighted by atomic mass is 35.5. The molecule has 0 atom stereocenters. The van der Waals surface area contributed by atoms with Gasteiger partial charge in [-0.2, -0.15) is 0 Å². The van der Waals surface area contributed by atoms with Gasteiger partial charge in [-0.15, -0.1) is 0 Å². The van der Waals surface area contributed by atoms with Gasteiger partial charge in [-0.3, -0.25) is 4.98 Å². The molecule has 0 amide bonds. The number of carbonyl (C=O) groups excluding carboxylic acids is 1. The van der Waals surface area contributed by atoms with Crippen molar-refractivity contribution in [1.29, 1.82) is 0 Å². The highest BCUT2D eigenvalue weighted by Crippen LogP contribution is 2.28. The fourth-order valence-electron chi connectivity index (χ4n) is 1.55. The van der Waals surface area contributed by atoms with E-state index in [-0.39, 0.29) is 0 Å². The number of benzene rings is 1. The number of hydrogen-bond donors (Lipinski definition) is 0. The maximum Gasteiger partial charge on any atom is 0.340 e.